The number of hydrogen-bond donors (Lipinski definition) is 0. The van der Waals surface area contributed by atoms with Gasteiger partial charge in [-0.15, -0.1) is 0 Å². The van der Waals surface area contributed by atoms with Crippen molar-refractivity contribution < 1.29 is 0 Å². The van der Waals surface area contributed by atoms with Crippen molar-refractivity contribution in [3.05, 3.63) is 295 Å². The first-order valence-electron chi connectivity index (χ1n) is 27.6. The Labute approximate surface area is 462 Å². The highest BCUT2D eigenvalue weighted by Gasteiger charge is 2.38. The van der Waals surface area contributed by atoms with Crippen LogP contribution in [-0.2, 0) is 10.8 Å². The summed E-state index contributed by atoms with van der Waals surface area (Å²) < 4.78 is 2.41. The average Bonchev–Trinajstić information content (AvgIpc) is 4.22. The average molecular weight is 1010 g/mol. The number of fused-ring (bicyclic) bond motifs is 10. The molecule has 0 aliphatic heterocycles. The van der Waals surface area contributed by atoms with Gasteiger partial charge in [-0.1, -0.05) is 191 Å². The maximum Gasteiger partial charge on any atom is 0.0541 e. The summed E-state index contributed by atoms with van der Waals surface area (Å²) in [6, 6.07) is 101. The van der Waals surface area contributed by atoms with E-state index in [4.69, 9.17) is 0 Å². The summed E-state index contributed by atoms with van der Waals surface area (Å²) in [5, 5.41) is 4.95. The second-order valence-electron chi connectivity index (χ2n) is 22.6. The summed E-state index contributed by atoms with van der Waals surface area (Å²) in [6.45, 7) is 9.56. The van der Waals surface area contributed by atoms with Gasteiger partial charge in [0.05, 0.1) is 11.0 Å². The minimum atomic E-state index is -0.268. The molecule has 13 aromatic rings. The lowest BCUT2D eigenvalue weighted by atomic mass is 9.81. The van der Waals surface area contributed by atoms with E-state index < -0.39 is 0 Å². The smallest absolute Gasteiger partial charge is 0.0541 e. The van der Waals surface area contributed by atoms with E-state index in [0.29, 0.717) is 0 Å². The fourth-order valence-corrected chi connectivity index (χ4v) is 13.3. The highest BCUT2D eigenvalue weighted by atomic mass is 15.2. The van der Waals surface area contributed by atoms with E-state index in [1.165, 1.54) is 99.3 Å². The number of anilines is 6. The third-order valence-corrected chi connectivity index (χ3v) is 17.4. The first-order chi connectivity index (χ1) is 38.7. The number of para-hydroxylation sites is 2. The summed E-state index contributed by atoms with van der Waals surface area (Å²) >= 11 is 0. The Kier molecular flexibility index (Phi) is 10.6. The molecule has 15 rings (SSSR count). The Balaban J connectivity index is 0.812. The van der Waals surface area contributed by atoms with E-state index >= 15 is 0 Å². The van der Waals surface area contributed by atoms with Crippen molar-refractivity contribution in [2.75, 3.05) is 9.80 Å². The van der Waals surface area contributed by atoms with Gasteiger partial charge >= 0.3 is 0 Å². The first-order valence-corrected chi connectivity index (χ1v) is 27.6. The molecule has 3 nitrogen and oxygen atoms in total. The molecule has 0 radical (unpaired) electrons. The van der Waals surface area contributed by atoms with Crippen molar-refractivity contribution in [2.45, 2.75) is 38.5 Å². The lowest BCUT2D eigenvalue weighted by Gasteiger charge is -2.30. The summed E-state index contributed by atoms with van der Waals surface area (Å²) in [6.07, 6.45) is 0. The van der Waals surface area contributed by atoms with Crippen LogP contribution in [0, 0.1) is 0 Å². The quantitative estimate of drug-likeness (QED) is 0.143. The van der Waals surface area contributed by atoms with E-state index in [2.05, 4.69) is 315 Å². The fraction of sp³-hybridized carbons (Fsp3) is 0.0789. The van der Waals surface area contributed by atoms with Crippen molar-refractivity contribution in [1.82, 2.24) is 4.57 Å². The van der Waals surface area contributed by atoms with Crippen LogP contribution in [0.1, 0.15) is 49.9 Å². The molecule has 0 unspecified atom stereocenters. The fourth-order valence-electron chi connectivity index (χ4n) is 13.3. The summed E-state index contributed by atoms with van der Waals surface area (Å²) in [5.41, 5.74) is 25.3. The van der Waals surface area contributed by atoms with E-state index in [-0.39, 0.29) is 10.8 Å². The molecule has 376 valence electrons. The third kappa shape index (κ3) is 7.48. The zero-order valence-corrected chi connectivity index (χ0v) is 44.8. The van der Waals surface area contributed by atoms with Crippen LogP contribution in [0.5, 0.6) is 0 Å². The predicted octanol–water partition coefficient (Wildman–Crippen LogP) is 20.8. The number of aromatic nitrogens is 1. The van der Waals surface area contributed by atoms with Crippen LogP contribution in [-0.4, -0.2) is 4.57 Å². The molecular weight excluding hydrogens is 955 g/mol. The van der Waals surface area contributed by atoms with Gasteiger partial charge < -0.3 is 14.4 Å². The molecule has 0 N–H and O–H groups in total. The van der Waals surface area contributed by atoms with Gasteiger partial charge in [0, 0.05) is 61.4 Å². The van der Waals surface area contributed by atoms with Crippen molar-refractivity contribution in [3.63, 3.8) is 0 Å². The van der Waals surface area contributed by atoms with Gasteiger partial charge in [-0.25, -0.2) is 0 Å². The van der Waals surface area contributed by atoms with Gasteiger partial charge in [0.1, 0.15) is 0 Å². The molecule has 79 heavy (non-hydrogen) atoms. The SMILES string of the molecule is CC1(C)c2ccccc2-c2ccc(N(c3ccc(N(c4ccccc4)c4ccc5ccccc5c4)cc3)c3ccc4c(c3)C(C)(C)c3cc(-c5ccc6c(c5)c5ccccc5n6-c5ccc(-c6ccccc6)cc5)ccc3-4)cc21. The van der Waals surface area contributed by atoms with Crippen LogP contribution < -0.4 is 9.80 Å². The zero-order chi connectivity index (χ0) is 53.0. The number of benzene rings is 12. The molecule has 0 spiro atoms. The lowest BCUT2D eigenvalue weighted by molar-refractivity contribution is 0.660. The van der Waals surface area contributed by atoms with Crippen molar-refractivity contribution in [3.8, 4) is 50.2 Å². The normalized spacial score (nSPS) is 13.5. The summed E-state index contributed by atoms with van der Waals surface area (Å²) in [5.74, 6) is 0. The molecule has 0 saturated heterocycles. The van der Waals surface area contributed by atoms with Crippen LogP contribution in [0.15, 0.2) is 273 Å². The second kappa shape index (κ2) is 17.9. The van der Waals surface area contributed by atoms with Crippen LogP contribution in [0.4, 0.5) is 34.1 Å². The molecule has 0 fully saturated rings. The Bertz CT molecular complexity index is 4530. The Hall–Kier alpha value is -9.70. The molecule has 2 aliphatic carbocycles. The van der Waals surface area contributed by atoms with E-state index in [1.54, 1.807) is 0 Å². The Morgan fingerprint density at radius 3 is 1.42 bits per heavy atom. The third-order valence-electron chi connectivity index (χ3n) is 17.4. The van der Waals surface area contributed by atoms with Crippen LogP contribution >= 0.6 is 0 Å². The number of nitrogens with zero attached hydrogens (tertiary/aromatic N) is 3. The van der Waals surface area contributed by atoms with E-state index in [1.807, 2.05) is 0 Å². The molecule has 3 heteroatoms. The maximum absolute atomic E-state index is 2.47. The van der Waals surface area contributed by atoms with Gasteiger partial charge in [0.25, 0.3) is 0 Å². The highest BCUT2D eigenvalue weighted by Crippen LogP contribution is 2.54. The van der Waals surface area contributed by atoms with Gasteiger partial charge in [-0.3, -0.25) is 0 Å². The zero-order valence-electron chi connectivity index (χ0n) is 44.8. The van der Waals surface area contributed by atoms with E-state index in [9.17, 15) is 0 Å². The first kappa shape index (κ1) is 46.6. The van der Waals surface area contributed by atoms with Crippen LogP contribution in [0.2, 0.25) is 0 Å². The van der Waals surface area contributed by atoms with Crippen LogP contribution in [0.3, 0.4) is 0 Å². The van der Waals surface area contributed by atoms with E-state index in [0.717, 1.165) is 39.8 Å². The number of hydrogen-bond acceptors (Lipinski definition) is 2. The predicted molar refractivity (Wildman–Crippen MR) is 334 cm³/mol. The van der Waals surface area contributed by atoms with Crippen molar-refractivity contribution in [1.29, 1.82) is 0 Å². The molecule has 1 aromatic heterocycles. The van der Waals surface area contributed by atoms with Gasteiger partial charge in [-0.05, 0) is 187 Å². The minimum absolute atomic E-state index is 0.149. The monoisotopic (exact) mass is 1010 g/mol. The van der Waals surface area contributed by atoms with Gasteiger partial charge in [0.2, 0.25) is 0 Å². The van der Waals surface area contributed by atoms with Crippen LogP contribution in [0.25, 0.3) is 82.8 Å². The molecule has 0 amide bonds. The molecule has 0 saturated carbocycles. The summed E-state index contributed by atoms with van der Waals surface area (Å²) in [7, 11) is 0. The molecule has 0 bridgehead atoms. The topological polar surface area (TPSA) is 11.4 Å². The Morgan fingerprint density at radius 2 is 0.709 bits per heavy atom. The molecule has 1 heterocycles. The van der Waals surface area contributed by atoms with Gasteiger partial charge in [0.15, 0.2) is 0 Å². The van der Waals surface area contributed by atoms with Crippen molar-refractivity contribution in [2.24, 2.45) is 0 Å². The molecule has 2 aliphatic rings. The Morgan fingerprint density at radius 1 is 0.266 bits per heavy atom. The molecule has 12 aromatic carbocycles. The number of rotatable bonds is 9. The van der Waals surface area contributed by atoms with Gasteiger partial charge in [-0.2, -0.15) is 0 Å². The molecular formula is C76H57N3. The molecule has 0 atom stereocenters. The van der Waals surface area contributed by atoms with Crippen molar-refractivity contribution >= 4 is 66.7 Å². The standard InChI is InChI=1S/C76H57N3/c1-75(2)69-25-15-13-23-63(69)65-42-39-61(48-71(65)75)78(58-37-35-57(36-38-58)77(56-21-9-6-10-22-56)60-34-29-51-19-11-12-20-53(51)45-60)62-40-43-66-64-41-30-55(47-70(64)76(3,4)72(66)49-62)54-31-44-74-68(46-54)67-24-14-16-26-73(67)79(74)59-32-27-52(28-33-59)50-17-7-5-8-18-50/h5-49H,1-4H3. The second-order valence-corrected chi connectivity index (χ2v) is 22.6. The largest absolute Gasteiger partial charge is 0.310 e. The maximum atomic E-state index is 2.47. The summed E-state index contributed by atoms with van der Waals surface area (Å²) in [4.78, 5) is 4.83. The lowest BCUT2D eigenvalue weighted by Crippen LogP contribution is -2.18. The minimum Gasteiger partial charge on any atom is -0.310 e. The highest BCUT2D eigenvalue weighted by molar-refractivity contribution is 6.10.